The minimum absolute atomic E-state index is 0.199. The lowest BCUT2D eigenvalue weighted by atomic mass is 10.00. The number of sulfonamides is 1. The molecule has 0 saturated carbocycles. The van der Waals surface area contributed by atoms with E-state index in [9.17, 15) is 17.2 Å². The second-order valence-corrected chi connectivity index (χ2v) is 7.15. The summed E-state index contributed by atoms with van der Waals surface area (Å²) in [5, 5.41) is 3.22. The maximum Gasteiger partial charge on any atom is 0.246 e. The third-order valence-corrected chi connectivity index (χ3v) is 5.68. The number of halogens is 2. The Labute approximate surface area is 124 Å². The molecular formula is C14H20F2N2O2S. The first-order chi connectivity index (χ1) is 9.95. The maximum absolute atomic E-state index is 13.8. The summed E-state index contributed by atoms with van der Waals surface area (Å²) in [6, 6.07) is 2.50. The Bertz CT molecular complexity index is 587. The molecule has 2 rings (SSSR count). The van der Waals surface area contributed by atoms with Gasteiger partial charge in [0, 0.05) is 13.1 Å². The molecule has 4 nitrogen and oxygen atoms in total. The van der Waals surface area contributed by atoms with Crippen LogP contribution in [0.5, 0.6) is 0 Å². The van der Waals surface area contributed by atoms with Crippen LogP contribution >= 0.6 is 0 Å². The number of hydrogen-bond acceptors (Lipinski definition) is 3. The fourth-order valence-corrected chi connectivity index (χ4v) is 4.18. The molecule has 1 heterocycles. The molecule has 1 unspecified atom stereocenters. The smallest absolute Gasteiger partial charge is 0.246 e. The number of rotatable bonds is 5. The van der Waals surface area contributed by atoms with Crippen LogP contribution in [0.1, 0.15) is 19.8 Å². The van der Waals surface area contributed by atoms with E-state index in [1.54, 1.807) is 6.92 Å². The molecule has 1 fully saturated rings. The van der Waals surface area contributed by atoms with Gasteiger partial charge in [0.1, 0.15) is 16.5 Å². The first-order valence-corrected chi connectivity index (χ1v) is 8.55. The van der Waals surface area contributed by atoms with E-state index in [2.05, 4.69) is 5.32 Å². The van der Waals surface area contributed by atoms with Crippen molar-refractivity contribution < 1.29 is 17.2 Å². The van der Waals surface area contributed by atoms with Crippen molar-refractivity contribution >= 4 is 10.0 Å². The summed E-state index contributed by atoms with van der Waals surface area (Å²) in [4.78, 5) is -0.590. The molecule has 1 aliphatic rings. The maximum atomic E-state index is 13.8. The molecule has 0 amide bonds. The second kappa shape index (κ2) is 6.81. The molecule has 1 aromatic carbocycles. The summed E-state index contributed by atoms with van der Waals surface area (Å²) in [5.41, 5.74) is 0. The van der Waals surface area contributed by atoms with Gasteiger partial charge in [-0.15, -0.1) is 0 Å². The number of benzene rings is 1. The van der Waals surface area contributed by atoms with Gasteiger partial charge in [-0.05, 0) is 50.0 Å². The second-order valence-electron chi connectivity index (χ2n) is 5.24. The lowest BCUT2D eigenvalue weighted by molar-refractivity contribution is 0.297. The molecule has 21 heavy (non-hydrogen) atoms. The minimum atomic E-state index is -4.01. The van der Waals surface area contributed by atoms with Gasteiger partial charge in [-0.25, -0.2) is 17.2 Å². The molecule has 1 N–H and O–H groups in total. The third-order valence-electron chi connectivity index (χ3n) is 3.72. The van der Waals surface area contributed by atoms with E-state index in [-0.39, 0.29) is 12.5 Å². The monoisotopic (exact) mass is 318 g/mol. The Morgan fingerprint density at radius 2 is 2.14 bits per heavy atom. The van der Waals surface area contributed by atoms with Gasteiger partial charge >= 0.3 is 0 Å². The van der Waals surface area contributed by atoms with E-state index < -0.39 is 26.6 Å². The zero-order valence-electron chi connectivity index (χ0n) is 12.0. The van der Waals surface area contributed by atoms with Crippen LogP contribution in [0.4, 0.5) is 8.78 Å². The Hall–Kier alpha value is -1.05. The molecule has 0 spiro atoms. The normalized spacial score (nSPS) is 19.9. The molecule has 0 aromatic heterocycles. The van der Waals surface area contributed by atoms with Crippen LogP contribution in [0.25, 0.3) is 0 Å². The average Bonchev–Trinajstić information content (AvgIpc) is 2.48. The highest BCUT2D eigenvalue weighted by molar-refractivity contribution is 7.89. The van der Waals surface area contributed by atoms with Crippen molar-refractivity contribution in [2.45, 2.75) is 24.7 Å². The highest BCUT2D eigenvalue weighted by atomic mass is 32.2. The summed E-state index contributed by atoms with van der Waals surface area (Å²) < 4.78 is 53.2. The summed E-state index contributed by atoms with van der Waals surface area (Å²) in [6.07, 6.45) is 1.93. The summed E-state index contributed by atoms with van der Waals surface area (Å²) in [6.45, 7) is 3.94. The van der Waals surface area contributed by atoms with E-state index in [1.165, 1.54) is 4.31 Å². The van der Waals surface area contributed by atoms with Gasteiger partial charge in [0.25, 0.3) is 0 Å². The van der Waals surface area contributed by atoms with Crippen LogP contribution in [0, 0.1) is 17.6 Å². The average molecular weight is 318 g/mol. The zero-order valence-corrected chi connectivity index (χ0v) is 12.8. The zero-order chi connectivity index (χ0) is 15.5. The predicted octanol–water partition coefficient (Wildman–Crippen LogP) is 1.97. The number of nitrogens with zero attached hydrogens (tertiary/aromatic N) is 1. The molecule has 0 bridgehead atoms. The molecule has 1 saturated heterocycles. The van der Waals surface area contributed by atoms with Crippen LogP contribution < -0.4 is 5.32 Å². The standard InChI is InChI=1S/C14H20F2N2O2S/c1-2-18(10-11-4-3-7-17-9-11)21(19,20)14-8-12(15)5-6-13(14)16/h5-6,8,11,17H,2-4,7,9-10H2,1H3. The van der Waals surface area contributed by atoms with Gasteiger partial charge in [-0.1, -0.05) is 6.92 Å². The van der Waals surface area contributed by atoms with Gasteiger partial charge < -0.3 is 5.32 Å². The first kappa shape index (κ1) is 16.3. The highest BCUT2D eigenvalue weighted by Gasteiger charge is 2.29. The molecule has 118 valence electrons. The molecular weight excluding hydrogens is 298 g/mol. The van der Waals surface area contributed by atoms with E-state index >= 15 is 0 Å². The van der Waals surface area contributed by atoms with E-state index in [0.717, 1.165) is 44.1 Å². The Balaban J connectivity index is 2.24. The fraction of sp³-hybridized carbons (Fsp3) is 0.571. The molecule has 1 atom stereocenters. The van der Waals surface area contributed by atoms with Gasteiger partial charge in [0.15, 0.2) is 0 Å². The van der Waals surface area contributed by atoms with Gasteiger partial charge in [0.05, 0.1) is 0 Å². The van der Waals surface area contributed by atoms with Crippen molar-refractivity contribution in [3.8, 4) is 0 Å². The summed E-state index contributed by atoms with van der Waals surface area (Å²) in [7, 11) is -4.01. The molecule has 7 heteroatoms. The number of hydrogen-bond donors (Lipinski definition) is 1. The van der Waals surface area contributed by atoms with E-state index in [0.29, 0.717) is 6.54 Å². The molecule has 1 aliphatic heterocycles. The van der Waals surface area contributed by atoms with Crippen molar-refractivity contribution in [1.29, 1.82) is 0 Å². The van der Waals surface area contributed by atoms with Crippen molar-refractivity contribution in [2.24, 2.45) is 5.92 Å². The predicted molar refractivity (Wildman–Crippen MR) is 76.4 cm³/mol. The van der Waals surface area contributed by atoms with Crippen LogP contribution in [-0.4, -0.2) is 38.9 Å². The first-order valence-electron chi connectivity index (χ1n) is 7.11. The van der Waals surface area contributed by atoms with E-state index in [1.807, 2.05) is 0 Å². The van der Waals surface area contributed by atoms with Crippen LogP contribution in [0.3, 0.4) is 0 Å². The lowest BCUT2D eigenvalue weighted by Crippen LogP contribution is -2.41. The number of nitrogens with one attached hydrogen (secondary N) is 1. The summed E-state index contributed by atoms with van der Waals surface area (Å²) in [5.74, 6) is -1.48. The van der Waals surface area contributed by atoms with Crippen LogP contribution in [0.2, 0.25) is 0 Å². The lowest BCUT2D eigenvalue weighted by Gasteiger charge is -2.29. The van der Waals surface area contributed by atoms with Crippen LogP contribution in [0.15, 0.2) is 23.1 Å². The molecule has 0 radical (unpaired) electrons. The minimum Gasteiger partial charge on any atom is -0.316 e. The van der Waals surface area contributed by atoms with Crippen molar-refractivity contribution in [3.63, 3.8) is 0 Å². The van der Waals surface area contributed by atoms with Gasteiger partial charge in [-0.2, -0.15) is 4.31 Å². The van der Waals surface area contributed by atoms with E-state index in [4.69, 9.17) is 0 Å². The van der Waals surface area contributed by atoms with Gasteiger partial charge in [-0.3, -0.25) is 0 Å². The third kappa shape index (κ3) is 3.78. The van der Waals surface area contributed by atoms with Crippen molar-refractivity contribution in [1.82, 2.24) is 9.62 Å². The number of piperidine rings is 1. The Morgan fingerprint density at radius 3 is 2.76 bits per heavy atom. The van der Waals surface area contributed by atoms with Crippen molar-refractivity contribution in [3.05, 3.63) is 29.8 Å². The topological polar surface area (TPSA) is 49.4 Å². The van der Waals surface area contributed by atoms with Crippen LogP contribution in [-0.2, 0) is 10.0 Å². The SMILES string of the molecule is CCN(CC1CCCNC1)S(=O)(=O)c1cc(F)ccc1F. The fourth-order valence-electron chi connectivity index (χ4n) is 2.58. The van der Waals surface area contributed by atoms with Crippen molar-refractivity contribution in [2.75, 3.05) is 26.2 Å². The quantitative estimate of drug-likeness (QED) is 0.903. The molecule has 0 aliphatic carbocycles. The Morgan fingerprint density at radius 1 is 1.38 bits per heavy atom. The summed E-state index contributed by atoms with van der Waals surface area (Å²) >= 11 is 0. The molecule has 1 aromatic rings. The highest BCUT2D eigenvalue weighted by Crippen LogP contribution is 2.22. The largest absolute Gasteiger partial charge is 0.316 e. The Kier molecular flexibility index (Phi) is 5.29. The van der Waals surface area contributed by atoms with Gasteiger partial charge in [0.2, 0.25) is 10.0 Å².